The summed E-state index contributed by atoms with van der Waals surface area (Å²) in [6.07, 6.45) is 2.12. The first-order valence-corrected chi connectivity index (χ1v) is 6.03. The molecule has 1 aromatic carbocycles. The lowest BCUT2D eigenvalue weighted by atomic mass is 9.78. The van der Waals surface area contributed by atoms with Crippen LogP contribution in [0.4, 0.5) is 5.69 Å². The molecule has 0 aliphatic rings. The molecule has 2 N–H and O–H groups in total. The van der Waals surface area contributed by atoms with Crippen LogP contribution in [0.1, 0.15) is 18.2 Å². The number of furan rings is 1. The van der Waals surface area contributed by atoms with Crippen LogP contribution in [0, 0.1) is 10.1 Å². The maximum atomic E-state index is 11.1. The summed E-state index contributed by atoms with van der Waals surface area (Å²) < 4.78 is 5.33. The van der Waals surface area contributed by atoms with Crippen LogP contribution >= 0.6 is 0 Å². The molecule has 0 aliphatic heterocycles. The maximum absolute atomic E-state index is 11.1. The maximum Gasteiger partial charge on any atom is 0.273 e. The van der Waals surface area contributed by atoms with Crippen LogP contribution in [0.5, 0.6) is 0 Å². The predicted octanol–water partition coefficient (Wildman–Crippen LogP) is 2.65. The van der Waals surface area contributed by atoms with E-state index in [0.29, 0.717) is 18.5 Å². The number of nitrogens with zero attached hydrogens (tertiary/aromatic N) is 1. The second-order valence-electron chi connectivity index (χ2n) is 4.80. The molecule has 2 aromatic rings. The Kier molecular flexibility index (Phi) is 3.66. The van der Waals surface area contributed by atoms with Gasteiger partial charge in [-0.05, 0) is 12.1 Å². The Labute approximate surface area is 111 Å². The molecule has 0 fully saturated rings. The number of benzene rings is 1. The second-order valence-corrected chi connectivity index (χ2v) is 4.80. The van der Waals surface area contributed by atoms with Gasteiger partial charge in [-0.25, -0.2) is 0 Å². The zero-order chi connectivity index (χ0) is 13.9. The minimum atomic E-state index is -0.526. The summed E-state index contributed by atoms with van der Waals surface area (Å²) in [7, 11) is 0. The summed E-state index contributed by atoms with van der Waals surface area (Å²) in [6.45, 7) is 2.22. The van der Waals surface area contributed by atoms with Crippen molar-refractivity contribution in [3.63, 3.8) is 0 Å². The molecule has 0 bridgehead atoms. The van der Waals surface area contributed by atoms with Gasteiger partial charge < -0.3 is 10.2 Å². The summed E-state index contributed by atoms with van der Waals surface area (Å²) in [5.41, 5.74) is 6.07. The first-order chi connectivity index (χ1) is 9.07. The summed E-state index contributed by atoms with van der Waals surface area (Å²) in [5.74, 6) is 0.770. The minimum Gasteiger partial charge on any atom is -0.469 e. The van der Waals surface area contributed by atoms with E-state index in [4.69, 9.17) is 10.2 Å². The standard InChI is InChI=1S/C14H16N2O3/c1-14(10-15,9-11-5-4-8-19-11)12-6-2-3-7-13(12)16(17)18/h2-8H,9-10,15H2,1H3. The van der Waals surface area contributed by atoms with Crippen LogP contribution < -0.4 is 5.73 Å². The van der Waals surface area contributed by atoms with Gasteiger partial charge in [0.2, 0.25) is 0 Å². The highest BCUT2D eigenvalue weighted by Gasteiger charge is 2.32. The fraction of sp³-hybridized carbons (Fsp3) is 0.286. The number of para-hydroxylation sites is 1. The quantitative estimate of drug-likeness (QED) is 0.661. The van der Waals surface area contributed by atoms with Crippen LogP contribution in [0.2, 0.25) is 0 Å². The molecule has 0 saturated carbocycles. The van der Waals surface area contributed by atoms with Gasteiger partial charge in [0.25, 0.3) is 5.69 Å². The lowest BCUT2D eigenvalue weighted by Crippen LogP contribution is -2.34. The molecule has 0 spiro atoms. The van der Waals surface area contributed by atoms with Crippen molar-refractivity contribution in [1.29, 1.82) is 0 Å². The second kappa shape index (κ2) is 5.24. The predicted molar refractivity (Wildman–Crippen MR) is 71.9 cm³/mol. The molecule has 19 heavy (non-hydrogen) atoms. The molecule has 0 aliphatic carbocycles. The van der Waals surface area contributed by atoms with E-state index in [2.05, 4.69) is 0 Å². The molecule has 100 valence electrons. The fourth-order valence-corrected chi connectivity index (χ4v) is 2.22. The topological polar surface area (TPSA) is 82.3 Å². The van der Waals surface area contributed by atoms with Gasteiger partial charge in [0.05, 0.1) is 11.2 Å². The first-order valence-electron chi connectivity index (χ1n) is 6.03. The van der Waals surface area contributed by atoms with Gasteiger partial charge in [0.15, 0.2) is 0 Å². The molecular weight excluding hydrogens is 244 g/mol. The fourth-order valence-electron chi connectivity index (χ4n) is 2.22. The highest BCUT2D eigenvalue weighted by Crippen LogP contribution is 2.33. The third kappa shape index (κ3) is 2.66. The minimum absolute atomic E-state index is 0.0991. The Morgan fingerprint density at radius 2 is 2.05 bits per heavy atom. The van der Waals surface area contributed by atoms with Crippen LogP contribution in [-0.2, 0) is 11.8 Å². The third-order valence-corrected chi connectivity index (χ3v) is 3.35. The Balaban J connectivity index is 2.43. The molecule has 1 heterocycles. The average Bonchev–Trinajstić information content (AvgIpc) is 2.91. The molecule has 5 heteroatoms. The molecule has 0 saturated heterocycles. The molecule has 2 rings (SSSR count). The van der Waals surface area contributed by atoms with Crippen molar-refractivity contribution >= 4 is 5.69 Å². The van der Waals surface area contributed by atoms with Gasteiger partial charge in [-0.2, -0.15) is 0 Å². The zero-order valence-corrected chi connectivity index (χ0v) is 10.7. The van der Waals surface area contributed by atoms with E-state index in [1.165, 1.54) is 6.07 Å². The highest BCUT2D eigenvalue weighted by atomic mass is 16.6. The van der Waals surface area contributed by atoms with Crippen molar-refractivity contribution in [3.8, 4) is 0 Å². The first kappa shape index (κ1) is 13.3. The zero-order valence-electron chi connectivity index (χ0n) is 10.7. The molecule has 1 atom stereocenters. The van der Waals surface area contributed by atoms with Crippen molar-refractivity contribution in [2.45, 2.75) is 18.8 Å². The summed E-state index contributed by atoms with van der Waals surface area (Å²) in [4.78, 5) is 10.8. The van der Waals surface area contributed by atoms with E-state index >= 15 is 0 Å². The van der Waals surface area contributed by atoms with Gasteiger partial charge >= 0.3 is 0 Å². The Morgan fingerprint density at radius 3 is 2.63 bits per heavy atom. The van der Waals surface area contributed by atoms with E-state index in [1.54, 1.807) is 30.5 Å². The van der Waals surface area contributed by atoms with Crippen molar-refractivity contribution in [3.05, 3.63) is 64.1 Å². The summed E-state index contributed by atoms with van der Waals surface area (Å²) in [5, 5.41) is 11.1. The normalized spacial score (nSPS) is 14.0. The molecule has 5 nitrogen and oxygen atoms in total. The number of hydrogen-bond acceptors (Lipinski definition) is 4. The van der Waals surface area contributed by atoms with Gasteiger partial charge in [0, 0.05) is 30.0 Å². The van der Waals surface area contributed by atoms with Crippen LogP contribution in [-0.4, -0.2) is 11.5 Å². The van der Waals surface area contributed by atoms with Gasteiger partial charge in [-0.15, -0.1) is 0 Å². The molecule has 0 amide bonds. The number of hydrogen-bond donors (Lipinski definition) is 1. The number of rotatable bonds is 5. The summed E-state index contributed by atoms with van der Waals surface area (Å²) in [6, 6.07) is 10.4. The van der Waals surface area contributed by atoms with E-state index in [9.17, 15) is 10.1 Å². The smallest absolute Gasteiger partial charge is 0.273 e. The van der Waals surface area contributed by atoms with Crippen LogP contribution in [0.15, 0.2) is 47.1 Å². The van der Waals surface area contributed by atoms with E-state index in [1.807, 2.05) is 13.0 Å². The lowest BCUT2D eigenvalue weighted by molar-refractivity contribution is -0.386. The molecule has 1 aromatic heterocycles. The van der Waals surface area contributed by atoms with Crippen molar-refractivity contribution < 1.29 is 9.34 Å². The summed E-state index contributed by atoms with van der Waals surface area (Å²) >= 11 is 0. The number of nitro benzene ring substituents is 1. The lowest BCUT2D eigenvalue weighted by Gasteiger charge is -2.27. The monoisotopic (exact) mass is 260 g/mol. The highest BCUT2D eigenvalue weighted by molar-refractivity contribution is 5.45. The van der Waals surface area contributed by atoms with Crippen LogP contribution in [0.25, 0.3) is 0 Å². The Hall–Kier alpha value is -2.14. The van der Waals surface area contributed by atoms with Gasteiger partial charge in [0.1, 0.15) is 5.76 Å². The van der Waals surface area contributed by atoms with Gasteiger partial charge in [-0.3, -0.25) is 10.1 Å². The van der Waals surface area contributed by atoms with Crippen molar-refractivity contribution in [2.24, 2.45) is 5.73 Å². The van der Waals surface area contributed by atoms with Gasteiger partial charge in [-0.1, -0.05) is 25.1 Å². The Bertz CT molecular complexity index is 566. The molecule has 0 radical (unpaired) electrons. The average molecular weight is 260 g/mol. The number of nitro groups is 1. The number of nitrogens with two attached hydrogens (primary N) is 1. The largest absolute Gasteiger partial charge is 0.469 e. The van der Waals surface area contributed by atoms with E-state index < -0.39 is 5.41 Å². The van der Waals surface area contributed by atoms with E-state index in [0.717, 1.165) is 5.76 Å². The van der Waals surface area contributed by atoms with Crippen molar-refractivity contribution in [2.75, 3.05) is 6.54 Å². The van der Waals surface area contributed by atoms with Crippen LogP contribution in [0.3, 0.4) is 0 Å². The third-order valence-electron chi connectivity index (χ3n) is 3.35. The Morgan fingerprint density at radius 1 is 1.32 bits per heavy atom. The molecular formula is C14H16N2O3. The van der Waals surface area contributed by atoms with E-state index in [-0.39, 0.29) is 10.6 Å². The SMILES string of the molecule is CC(CN)(Cc1ccco1)c1ccccc1[N+](=O)[O-]. The van der Waals surface area contributed by atoms with Crippen molar-refractivity contribution in [1.82, 2.24) is 0 Å². The molecule has 1 unspecified atom stereocenters.